The number of hydrogen-bond acceptors (Lipinski definition) is 6. The van der Waals surface area contributed by atoms with Gasteiger partial charge in [0.05, 0.1) is 12.9 Å². The number of benzene rings is 2. The number of carbonyl (C=O) groups is 1. The monoisotopic (exact) mass is 419 g/mol. The van der Waals surface area contributed by atoms with Gasteiger partial charge < -0.3 is 14.5 Å². The fourth-order valence-electron chi connectivity index (χ4n) is 2.00. The normalized spacial score (nSPS) is 10.5. The molecule has 1 N–H and O–H groups in total. The van der Waals surface area contributed by atoms with Gasteiger partial charge >= 0.3 is 0 Å². The van der Waals surface area contributed by atoms with Gasteiger partial charge in [0, 0.05) is 15.7 Å². The van der Waals surface area contributed by atoms with Crippen molar-refractivity contribution in [3.63, 3.8) is 0 Å². The van der Waals surface area contributed by atoms with E-state index in [9.17, 15) is 4.79 Å². The minimum absolute atomic E-state index is 0.155. The number of thioether (sulfide) groups is 1. The van der Waals surface area contributed by atoms with Crippen LogP contribution in [-0.2, 0) is 4.79 Å². The van der Waals surface area contributed by atoms with Crippen LogP contribution in [0.25, 0.3) is 11.5 Å². The molecule has 2 aromatic carbocycles. The lowest BCUT2D eigenvalue weighted by Gasteiger charge is -2.05. The first-order chi connectivity index (χ1) is 12.1. The van der Waals surface area contributed by atoms with Gasteiger partial charge in [-0.05, 0) is 42.5 Å². The minimum Gasteiger partial charge on any atom is -0.497 e. The number of methoxy groups -OCH3 is 1. The predicted molar refractivity (Wildman–Crippen MR) is 99.8 cm³/mol. The topological polar surface area (TPSA) is 77.2 Å². The third-order valence-corrected chi connectivity index (χ3v) is 4.49. The molecule has 6 nitrogen and oxygen atoms in total. The van der Waals surface area contributed by atoms with Gasteiger partial charge in [-0.1, -0.05) is 33.8 Å². The highest BCUT2D eigenvalue weighted by Gasteiger charge is 2.11. The summed E-state index contributed by atoms with van der Waals surface area (Å²) in [7, 11) is 1.59. The second kappa shape index (κ2) is 8.17. The molecule has 3 aromatic rings. The van der Waals surface area contributed by atoms with E-state index in [0.29, 0.717) is 16.8 Å². The van der Waals surface area contributed by atoms with E-state index in [1.807, 2.05) is 24.3 Å². The average Bonchev–Trinajstić information content (AvgIpc) is 3.10. The molecule has 0 saturated heterocycles. The number of anilines is 1. The van der Waals surface area contributed by atoms with Crippen molar-refractivity contribution < 1.29 is 13.9 Å². The van der Waals surface area contributed by atoms with E-state index in [1.54, 1.807) is 31.4 Å². The summed E-state index contributed by atoms with van der Waals surface area (Å²) in [5.41, 5.74) is 1.52. The zero-order chi connectivity index (χ0) is 17.6. The van der Waals surface area contributed by atoms with Gasteiger partial charge in [0.25, 0.3) is 5.22 Å². The molecule has 8 heteroatoms. The van der Waals surface area contributed by atoms with Gasteiger partial charge in [0.2, 0.25) is 11.8 Å². The number of halogens is 1. The molecule has 1 heterocycles. The summed E-state index contributed by atoms with van der Waals surface area (Å²) < 4.78 is 11.6. The van der Waals surface area contributed by atoms with Crippen LogP contribution in [0, 0.1) is 0 Å². The molecule has 0 aliphatic heterocycles. The molecular formula is C17H14BrN3O3S. The minimum atomic E-state index is -0.155. The molecule has 0 spiro atoms. The second-order valence-corrected chi connectivity index (χ2v) is 6.79. The molecule has 1 aromatic heterocycles. The molecule has 0 atom stereocenters. The van der Waals surface area contributed by atoms with Crippen LogP contribution in [0.3, 0.4) is 0 Å². The Bertz CT molecular complexity index is 868. The highest BCUT2D eigenvalue weighted by molar-refractivity contribution is 9.10. The molecule has 0 saturated carbocycles. The summed E-state index contributed by atoms with van der Waals surface area (Å²) >= 11 is 4.59. The number of amides is 1. The maximum absolute atomic E-state index is 12.0. The zero-order valence-electron chi connectivity index (χ0n) is 13.2. The zero-order valence-corrected chi connectivity index (χ0v) is 15.6. The number of rotatable bonds is 6. The van der Waals surface area contributed by atoms with E-state index >= 15 is 0 Å². The Labute approximate surface area is 157 Å². The fraction of sp³-hybridized carbons (Fsp3) is 0.118. The summed E-state index contributed by atoms with van der Waals surface area (Å²) in [6.07, 6.45) is 0. The van der Waals surface area contributed by atoms with Crippen LogP contribution in [0.15, 0.2) is 62.6 Å². The largest absolute Gasteiger partial charge is 0.497 e. The number of nitrogens with zero attached hydrogens (tertiary/aromatic N) is 2. The summed E-state index contributed by atoms with van der Waals surface area (Å²) in [5.74, 6) is 1.17. The number of hydrogen-bond donors (Lipinski definition) is 1. The number of ether oxygens (including phenoxy) is 1. The Hall–Kier alpha value is -2.32. The highest BCUT2D eigenvalue weighted by atomic mass is 79.9. The Morgan fingerprint density at radius 1 is 1.24 bits per heavy atom. The van der Waals surface area contributed by atoms with E-state index in [1.165, 1.54) is 11.8 Å². The highest BCUT2D eigenvalue weighted by Crippen LogP contribution is 2.25. The maximum Gasteiger partial charge on any atom is 0.277 e. The SMILES string of the molecule is COc1ccc(NC(=O)CSc2nnc(-c3cccc(Br)c3)o2)cc1. The van der Waals surface area contributed by atoms with Crippen molar-refractivity contribution in [1.82, 2.24) is 10.2 Å². The lowest BCUT2D eigenvalue weighted by molar-refractivity contribution is -0.113. The lowest BCUT2D eigenvalue weighted by Crippen LogP contribution is -2.13. The summed E-state index contributed by atoms with van der Waals surface area (Å²) in [5, 5.41) is 11.1. The Kier molecular flexibility index (Phi) is 5.72. The van der Waals surface area contributed by atoms with E-state index in [-0.39, 0.29) is 11.7 Å². The fourth-order valence-corrected chi connectivity index (χ4v) is 2.97. The Morgan fingerprint density at radius 2 is 2.04 bits per heavy atom. The van der Waals surface area contributed by atoms with Crippen LogP contribution in [-0.4, -0.2) is 29.0 Å². The predicted octanol–water partition coefficient (Wildman–Crippen LogP) is 4.24. The van der Waals surface area contributed by atoms with Gasteiger partial charge in [0.15, 0.2) is 0 Å². The number of aromatic nitrogens is 2. The average molecular weight is 420 g/mol. The van der Waals surface area contributed by atoms with Crippen molar-refractivity contribution in [3.05, 3.63) is 53.0 Å². The van der Waals surface area contributed by atoms with Crippen LogP contribution < -0.4 is 10.1 Å². The Morgan fingerprint density at radius 3 is 2.76 bits per heavy atom. The van der Waals surface area contributed by atoms with Crippen molar-refractivity contribution >= 4 is 39.3 Å². The number of carbonyl (C=O) groups excluding carboxylic acids is 1. The third kappa shape index (κ3) is 4.83. The van der Waals surface area contributed by atoms with Gasteiger partial charge in [-0.3, -0.25) is 4.79 Å². The summed E-state index contributed by atoms with van der Waals surface area (Å²) in [6, 6.07) is 14.7. The first kappa shape index (κ1) is 17.5. The molecule has 0 aliphatic carbocycles. The molecule has 1 amide bonds. The van der Waals surface area contributed by atoms with Crippen LogP contribution in [0.5, 0.6) is 5.75 Å². The molecule has 128 valence electrons. The first-order valence-corrected chi connectivity index (χ1v) is 9.08. The quantitative estimate of drug-likeness (QED) is 0.602. The Balaban J connectivity index is 1.55. The van der Waals surface area contributed by atoms with Crippen LogP contribution in [0.2, 0.25) is 0 Å². The third-order valence-electron chi connectivity index (χ3n) is 3.18. The van der Waals surface area contributed by atoms with Crippen molar-refractivity contribution in [3.8, 4) is 17.2 Å². The molecule has 25 heavy (non-hydrogen) atoms. The molecular weight excluding hydrogens is 406 g/mol. The van der Waals surface area contributed by atoms with Crippen LogP contribution >= 0.6 is 27.7 Å². The van der Waals surface area contributed by atoms with Gasteiger partial charge in [-0.15, -0.1) is 10.2 Å². The molecule has 0 bridgehead atoms. The smallest absolute Gasteiger partial charge is 0.277 e. The van der Waals surface area contributed by atoms with Crippen molar-refractivity contribution in [1.29, 1.82) is 0 Å². The molecule has 0 radical (unpaired) electrons. The van der Waals surface area contributed by atoms with Crippen molar-refractivity contribution in [2.45, 2.75) is 5.22 Å². The molecule has 0 unspecified atom stereocenters. The van der Waals surface area contributed by atoms with E-state index in [2.05, 4.69) is 31.4 Å². The van der Waals surface area contributed by atoms with E-state index < -0.39 is 0 Å². The standard InChI is InChI=1S/C17H14BrN3O3S/c1-23-14-7-5-13(6-8-14)19-15(22)10-25-17-21-20-16(24-17)11-3-2-4-12(18)9-11/h2-9H,10H2,1H3,(H,19,22). The van der Waals surface area contributed by atoms with Crippen molar-refractivity contribution in [2.75, 3.05) is 18.2 Å². The van der Waals surface area contributed by atoms with Gasteiger partial charge in [0.1, 0.15) is 5.75 Å². The molecule has 0 fully saturated rings. The van der Waals surface area contributed by atoms with Gasteiger partial charge in [-0.2, -0.15) is 0 Å². The van der Waals surface area contributed by atoms with E-state index in [0.717, 1.165) is 15.8 Å². The second-order valence-electron chi connectivity index (χ2n) is 4.95. The number of nitrogens with one attached hydrogen (secondary N) is 1. The van der Waals surface area contributed by atoms with Crippen LogP contribution in [0.4, 0.5) is 5.69 Å². The van der Waals surface area contributed by atoms with Gasteiger partial charge in [-0.25, -0.2) is 0 Å². The lowest BCUT2D eigenvalue weighted by atomic mass is 10.2. The summed E-state index contributed by atoms with van der Waals surface area (Å²) in [4.78, 5) is 12.0. The van der Waals surface area contributed by atoms with Crippen LogP contribution in [0.1, 0.15) is 0 Å². The molecule has 3 rings (SSSR count). The molecule has 0 aliphatic rings. The van der Waals surface area contributed by atoms with Crippen molar-refractivity contribution in [2.24, 2.45) is 0 Å². The maximum atomic E-state index is 12.0. The first-order valence-electron chi connectivity index (χ1n) is 7.30. The summed E-state index contributed by atoms with van der Waals surface area (Å²) in [6.45, 7) is 0. The van der Waals surface area contributed by atoms with E-state index in [4.69, 9.17) is 9.15 Å².